The van der Waals surface area contributed by atoms with Crippen molar-refractivity contribution in [3.63, 3.8) is 0 Å². The molecule has 2 aliphatic carbocycles. The Balaban J connectivity index is 1.51. The van der Waals surface area contributed by atoms with Crippen LogP contribution in [0.1, 0.15) is 101 Å². The van der Waals surface area contributed by atoms with Crippen molar-refractivity contribution in [1.82, 2.24) is 9.97 Å². The van der Waals surface area contributed by atoms with Crippen molar-refractivity contribution in [3.05, 3.63) is 23.8 Å². The summed E-state index contributed by atoms with van der Waals surface area (Å²) in [5, 5.41) is 9.01. The molecule has 24 heavy (non-hydrogen) atoms. The monoisotopic (exact) mass is 325 g/mol. The van der Waals surface area contributed by atoms with Crippen molar-refractivity contribution in [3.8, 4) is 6.07 Å². The Hall–Kier alpha value is -1.43. The Morgan fingerprint density at radius 2 is 1.58 bits per heavy atom. The van der Waals surface area contributed by atoms with Crippen molar-refractivity contribution in [1.29, 1.82) is 5.26 Å². The topological polar surface area (TPSA) is 49.6 Å². The fourth-order valence-corrected chi connectivity index (χ4v) is 4.53. The van der Waals surface area contributed by atoms with Gasteiger partial charge in [-0.1, -0.05) is 26.2 Å². The lowest BCUT2D eigenvalue weighted by Gasteiger charge is -2.29. The van der Waals surface area contributed by atoms with E-state index in [1.165, 1.54) is 50.5 Å². The fraction of sp³-hybridized carbons (Fsp3) is 0.762. The lowest BCUT2D eigenvalue weighted by Crippen LogP contribution is -2.16. The van der Waals surface area contributed by atoms with Gasteiger partial charge in [0.15, 0.2) is 0 Å². The number of rotatable bonds is 5. The molecule has 3 rings (SSSR count). The molecule has 2 aliphatic rings. The second-order valence-corrected chi connectivity index (χ2v) is 7.91. The molecular formula is C21H31N3. The summed E-state index contributed by atoms with van der Waals surface area (Å²) in [7, 11) is 0. The summed E-state index contributed by atoms with van der Waals surface area (Å²) in [6.45, 7) is 2.29. The van der Waals surface area contributed by atoms with Crippen LogP contribution in [0.15, 0.2) is 12.4 Å². The molecular weight excluding hydrogens is 294 g/mol. The van der Waals surface area contributed by atoms with Crippen LogP contribution in [0.2, 0.25) is 0 Å². The maximum Gasteiger partial charge on any atom is 0.131 e. The molecule has 1 aromatic rings. The van der Waals surface area contributed by atoms with Crippen LogP contribution < -0.4 is 0 Å². The number of nitrogens with zero attached hydrogens (tertiary/aromatic N) is 3. The second kappa shape index (κ2) is 8.60. The van der Waals surface area contributed by atoms with Crippen LogP contribution in [-0.4, -0.2) is 9.97 Å². The summed E-state index contributed by atoms with van der Waals surface area (Å²) in [6.07, 6.45) is 17.9. The number of hydrogen-bond donors (Lipinski definition) is 0. The molecule has 0 atom stereocenters. The van der Waals surface area contributed by atoms with Gasteiger partial charge in [-0.2, -0.15) is 5.26 Å². The first kappa shape index (κ1) is 17.4. The molecule has 0 unspecified atom stereocenters. The average molecular weight is 326 g/mol. The van der Waals surface area contributed by atoms with E-state index < -0.39 is 0 Å². The Morgan fingerprint density at radius 1 is 0.958 bits per heavy atom. The van der Waals surface area contributed by atoms with E-state index in [-0.39, 0.29) is 5.92 Å². The third-order valence-corrected chi connectivity index (χ3v) is 6.25. The molecule has 0 saturated heterocycles. The highest BCUT2D eigenvalue weighted by Gasteiger charge is 2.25. The van der Waals surface area contributed by atoms with E-state index in [0.717, 1.165) is 37.4 Å². The van der Waals surface area contributed by atoms with Crippen molar-refractivity contribution in [2.45, 2.75) is 89.4 Å². The quantitative estimate of drug-likeness (QED) is 0.693. The zero-order valence-electron chi connectivity index (χ0n) is 15.1. The molecule has 0 spiro atoms. The van der Waals surface area contributed by atoms with Crippen LogP contribution in [0.25, 0.3) is 0 Å². The Kier molecular flexibility index (Phi) is 6.24. The van der Waals surface area contributed by atoms with Gasteiger partial charge in [0, 0.05) is 24.2 Å². The highest BCUT2D eigenvalue weighted by molar-refractivity contribution is 5.14. The molecule has 3 nitrogen and oxygen atoms in total. The fourth-order valence-electron chi connectivity index (χ4n) is 4.53. The summed E-state index contributed by atoms with van der Waals surface area (Å²) in [5.74, 6) is 3.35. The molecule has 1 heterocycles. The molecule has 0 radical (unpaired) electrons. The Morgan fingerprint density at radius 3 is 2.17 bits per heavy atom. The first-order valence-electron chi connectivity index (χ1n) is 10.0. The van der Waals surface area contributed by atoms with Crippen LogP contribution in [0.5, 0.6) is 0 Å². The predicted octanol–water partition coefficient (Wildman–Crippen LogP) is 5.74. The van der Waals surface area contributed by atoms with Gasteiger partial charge in [-0.05, 0) is 68.8 Å². The number of nitriles is 1. The molecule has 0 bridgehead atoms. The first-order chi connectivity index (χ1) is 11.8. The number of hydrogen-bond acceptors (Lipinski definition) is 3. The zero-order chi connectivity index (χ0) is 16.8. The SMILES string of the molecule is CCCC[C@H]1CC[C@H](c2cnc([C@H]3CC[C@H](C#N)CC3)nc2)CC1. The van der Waals surface area contributed by atoms with Crippen molar-refractivity contribution in [2.24, 2.45) is 11.8 Å². The standard InChI is InChI=1S/C21H31N3/c1-2-3-4-16-5-9-18(10-6-16)20-14-23-21(24-15-20)19-11-7-17(13-22)8-12-19/h14-19H,2-12H2,1H3/t16-,17-,18-,19-. The molecule has 0 aromatic carbocycles. The maximum atomic E-state index is 9.01. The summed E-state index contributed by atoms with van der Waals surface area (Å²) < 4.78 is 0. The first-order valence-corrected chi connectivity index (χ1v) is 10.0. The van der Waals surface area contributed by atoms with E-state index in [1.54, 1.807) is 0 Å². The molecule has 0 aliphatic heterocycles. The Labute approximate surface area is 146 Å². The van der Waals surface area contributed by atoms with Crippen LogP contribution in [-0.2, 0) is 0 Å². The third-order valence-electron chi connectivity index (χ3n) is 6.25. The van der Waals surface area contributed by atoms with E-state index in [0.29, 0.717) is 11.8 Å². The van der Waals surface area contributed by atoms with Crippen molar-refractivity contribution in [2.75, 3.05) is 0 Å². The van der Waals surface area contributed by atoms with E-state index in [2.05, 4.69) is 25.4 Å². The minimum absolute atomic E-state index is 0.253. The Bertz CT molecular complexity index is 529. The van der Waals surface area contributed by atoms with Crippen LogP contribution in [0.3, 0.4) is 0 Å². The lowest BCUT2D eigenvalue weighted by molar-refractivity contribution is 0.303. The maximum absolute atomic E-state index is 9.01. The van der Waals surface area contributed by atoms with E-state index in [1.807, 2.05) is 0 Å². The smallest absolute Gasteiger partial charge is 0.131 e. The predicted molar refractivity (Wildman–Crippen MR) is 96.6 cm³/mol. The second-order valence-electron chi connectivity index (χ2n) is 7.91. The van der Waals surface area contributed by atoms with E-state index in [4.69, 9.17) is 15.2 Å². The number of unbranched alkanes of at least 4 members (excludes halogenated alkanes) is 1. The van der Waals surface area contributed by atoms with E-state index >= 15 is 0 Å². The highest BCUT2D eigenvalue weighted by Crippen LogP contribution is 2.38. The van der Waals surface area contributed by atoms with Gasteiger partial charge in [-0.15, -0.1) is 0 Å². The minimum Gasteiger partial charge on any atom is -0.241 e. The molecule has 1 aromatic heterocycles. The lowest BCUT2D eigenvalue weighted by atomic mass is 9.77. The number of aromatic nitrogens is 2. The van der Waals surface area contributed by atoms with Crippen LogP contribution >= 0.6 is 0 Å². The van der Waals surface area contributed by atoms with Gasteiger partial charge < -0.3 is 0 Å². The molecule has 0 N–H and O–H groups in total. The van der Waals surface area contributed by atoms with E-state index in [9.17, 15) is 0 Å². The summed E-state index contributed by atoms with van der Waals surface area (Å²) in [6, 6.07) is 2.40. The molecule has 2 fully saturated rings. The highest BCUT2D eigenvalue weighted by atomic mass is 14.9. The van der Waals surface area contributed by atoms with Gasteiger partial charge >= 0.3 is 0 Å². The zero-order valence-corrected chi connectivity index (χ0v) is 15.1. The van der Waals surface area contributed by atoms with Crippen molar-refractivity contribution < 1.29 is 0 Å². The van der Waals surface area contributed by atoms with Gasteiger partial charge in [0.2, 0.25) is 0 Å². The summed E-state index contributed by atoms with van der Waals surface area (Å²) in [5.41, 5.74) is 1.35. The van der Waals surface area contributed by atoms with Gasteiger partial charge in [0.25, 0.3) is 0 Å². The third kappa shape index (κ3) is 4.35. The largest absolute Gasteiger partial charge is 0.241 e. The summed E-state index contributed by atoms with van der Waals surface area (Å²) in [4.78, 5) is 9.41. The average Bonchev–Trinajstić information content (AvgIpc) is 2.67. The van der Waals surface area contributed by atoms with Gasteiger partial charge in [0.05, 0.1) is 6.07 Å². The van der Waals surface area contributed by atoms with Gasteiger partial charge in [-0.25, -0.2) is 9.97 Å². The normalized spacial score (nSPS) is 30.7. The van der Waals surface area contributed by atoms with Crippen molar-refractivity contribution >= 4 is 0 Å². The molecule has 130 valence electrons. The van der Waals surface area contributed by atoms with Gasteiger partial charge in [-0.3, -0.25) is 0 Å². The van der Waals surface area contributed by atoms with Crippen LogP contribution in [0, 0.1) is 23.2 Å². The van der Waals surface area contributed by atoms with Gasteiger partial charge in [0.1, 0.15) is 5.82 Å². The minimum atomic E-state index is 0.253. The van der Waals surface area contributed by atoms with Crippen LogP contribution in [0.4, 0.5) is 0 Å². The molecule has 3 heteroatoms. The molecule has 2 saturated carbocycles. The summed E-state index contributed by atoms with van der Waals surface area (Å²) >= 11 is 0. The molecule has 0 amide bonds.